The Kier molecular flexibility index (Phi) is 6.51. The molecule has 33 heavy (non-hydrogen) atoms. The molecule has 172 valence electrons. The minimum Gasteiger partial charge on any atom is -0.497 e. The first-order chi connectivity index (χ1) is 15.8. The van der Waals surface area contributed by atoms with Crippen LogP contribution in [0.5, 0.6) is 5.75 Å². The molecule has 2 atom stereocenters. The van der Waals surface area contributed by atoms with E-state index in [1.807, 2.05) is 6.92 Å². The fraction of sp³-hybridized carbons (Fsp3) is 0.240. The molecule has 1 aliphatic rings. The average molecular weight is 467 g/mol. The summed E-state index contributed by atoms with van der Waals surface area (Å²) in [5, 5.41) is 13.6. The third-order valence-electron chi connectivity index (χ3n) is 5.85. The Labute approximate surface area is 193 Å². The van der Waals surface area contributed by atoms with Crippen LogP contribution in [0.3, 0.4) is 0 Å². The number of aryl methyl sites for hydroxylation is 1. The number of hydrogen-bond donors (Lipinski definition) is 3. The van der Waals surface area contributed by atoms with E-state index < -0.39 is 22.2 Å². The number of fused-ring (bicyclic) bond motifs is 1. The first-order valence-corrected chi connectivity index (χ1v) is 12.2. The SMILES string of the molecule is CCc1ccc(S(=O)(=O)N[C@@H]2c3cccc(NC(=O)c4cccc(OC)c4)c3C[C@H]2O)cc1. The molecular weight excluding hydrogens is 440 g/mol. The van der Waals surface area contributed by atoms with E-state index in [1.54, 1.807) is 66.7 Å². The second-order valence-corrected chi connectivity index (χ2v) is 9.64. The zero-order valence-corrected chi connectivity index (χ0v) is 19.2. The molecule has 0 spiro atoms. The summed E-state index contributed by atoms with van der Waals surface area (Å²) in [5.74, 6) is 0.245. The van der Waals surface area contributed by atoms with Crippen LogP contribution in [-0.4, -0.2) is 32.6 Å². The summed E-state index contributed by atoms with van der Waals surface area (Å²) < 4.78 is 33.7. The fourth-order valence-corrected chi connectivity index (χ4v) is 5.26. The number of carbonyl (C=O) groups excluding carboxylic acids is 1. The average Bonchev–Trinajstić information content (AvgIpc) is 3.14. The fourth-order valence-electron chi connectivity index (χ4n) is 4.02. The van der Waals surface area contributed by atoms with Gasteiger partial charge in [0.05, 0.1) is 24.2 Å². The number of benzene rings is 3. The summed E-state index contributed by atoms with van der Waals surface area (Å²) in [7, 11) is -2.31. The normalized spacial score (nSPS) is 17.4. The van der Waals surface area contributed by atoms with E-state index in [-0.39, 0.29) is 17.2 Å². The van der Waals surface area contributed by atoms with Crippen molar-refractivity contribution in [1.82, 2.24) is 4.72 Å². The molecule has 0 radical (unpaired) electrons. The number of hydrogen-bond acceptors (Lipinski definition) is 5. The minimum absolute atomic E-state index is 0.142. The molecule has 0 saturated heterocycles. The number of anilines is 1. The Morgan fingerprint density at radius 1 is 1.09 bits per heavy atom. The van der Waals surface area contributed by atoms with Crippen molar-refractivity contribution >= 4 is 21.6 Å². The van der Waals surface area contributed by atoms with E-state index >= 15 is 0 Å². The molecule has 8 heteroatoms. The summed E-state index contributed by atoms with van der Waals surface area (Å²) >= 11 is 0. The van der Waals surface area contributed by atoms with Gasteiger partial charge in [-0.25, -0.2) is 13.1 Å². The van der Waals surface area contributed by atoms with Crippen molar-refractivity contribution in [3.8, 4) is 5.75 Å². The number of amides is 1. The molecule has 3 N–H and O–H groups in total. The van der Waals surface area contributed by atoms with Crippen molar-refractivity contribution in [3.05, 3.63) is 89.0 Å². The van der Waals surface area contributed by atoms with E-state index in [0.717, 1.165) is 12.0 Å². The highest BCUT2D eigenvalue weighted by molar-refractivity contribution is 7.89. The molecule has 0 unspecified atom stereocenters. The number of aliphatic hydroxyl groups is 1. The van der Waals surface area contributed by atoms with Crippen molar-refractivity contribution in [2.24, 2.45) is 0 Å². The molecule has 7 nitrogen and oxygen atoms in total. The van der Waals surface area contributed by atoms with E-state index in [0.29, 0.717) is 28.1 Å². The molecule has 3 aromatic rings. The first kappa shape index (κ1) is 23.0. The van der Waals surface area contributed by atoms with Crippen LogP contribution in [-0.2, 0) is 22.9 Å². The van der Waals surface area contributed by atoms with Crippen molar-refractivity contribution < 1.29 is 23.1 Å². The number of carbonyl (C=O) groups is 1. The molecule has 4 rings (SSSR count). The monoisotopic (exact) mass is 466 g/mol. The molecule has 1 aliphatic carbocycles. The van der Waals surface area contributed by atoms with Crippen LogP contribution in [0.25, 0.3) is 0 Å². The van der Waals surface area contributed by atoms with Crippen LogP contribution in [0.2, 0.25) is 0 Å². The molecular formula is C25H26N2O5S. The van der Waals surface area contributed by atoms with Crippen molar-refractivity contribution in [1.29, 1.82) is 0 Å². The molecule has 0 saturated carbocycles. The van der Waals surface area contributed by atoms with Crippen LogP contribution in [0.4, 0.5) is 5.69 Å². The summed E-state index contributed by atoms with van der Waals surface area (Å²) in [4.78, 5) is 12.9. The minimum atomic E-state index is -3.84. The van der Waals surface area contributed by atoms with Gasteiger partial charge in [-0.1, -0.05) is 37.3 Å². The van der Waals surface area contributed by atoms with Crippen LogP contribution in [0, 0.1) is 0 Å². The Hall–Kier alpha value is -3.20. The van der Waals surface area contributed by atoms with Crippen LogP contribution < -0.4 is 14.8 Å². The summed E-state index contributed by atoms with van der Waals surface area (Å²) in [6.45, 7) is 2.00. The van der Waals surface area contributed by atoms with Gasteiger partial charge in [-0.2, -0.15) is 0 Å². The molecule has 0 fully saturated rings. The quantitative estimate of drug-likeness (QED) is 0.495. The third-order valence-corrected chi connectivity index (χ3v) is 7.31. The lowest BCUT2D eigenvalue weighted by Gasteiger charge is -2.18. The van der Waals surface area contributed by atoms with Crippen molar-refractivity contribution in [3.63, 3.8) is 0 Å². The maximum atomic E-state index is 12.9. The van der Waals surface area contributed by atoms with Gasteiger partial charge in [0.2, 0.25) is 10.0 Å². The topological polar surface area (TPSA) is 105 Å². The third kappa shape index (κ3) is 4.78. The predicted octanol–water partition coefficient (Wildman–Crippen LogP) is 3.45. The Morgan fingerprint density at radius 2 is 1.82 bits per heavy atom. The molecule has 0 aromatic heterocycles. The highest BCUT2D eigenvalue weighted by atomic mass is 32.2. The van der Waals surface area contributed by atoms with E-state index in [9.17, 15) is 18.3 Å². The molecule has 3 aromatic carbocycles. The molecule has 1 amide bonds. The van der Waals surface area contributed by atoms with Crippen molar-refractivity contribution in [2.75, 3.05) is 12.4 Å². The van der Waals surface area contributed by atoms with Crippen LogP contribution in [0.15, 0.2) is 71.6 Å². The smallest absolute Gasteiger partial charge is 0.255 e. The number of sulfonamides is 1. The molecule has 0 aliphatic heterocycles. The maximum Gasteiger partial charge on any atom is 0.255 e. The van der Waals surface area contributed by atoms with E-state index in [1.165, 1.54) is 7.11 Å². The number of methoxy groups -OCH3 is 1. The Morgan fingerprint density at radius 3 is 2.52 bits per heavy atom. The highest BCUT2D eigenvalue weighted by Gasteiger charge is 2.36. The standard InChI is InChI=1S/C25H26N2O5S/c1-3-16-10-12-19(13-11-16)33(30,31)27-24-20-8-5-9-22(21(20)15-23(24)28)26-25(29)17-6-4-7-18(14-17)32-2/h4-14,23-24,27-28H,3,15H2,1-2H3,(H,26,29)/t23-,24-/m1/s1. The Bertz CT molecular complexity index is 1270. The molecule has 0 heterocycles. The van der Waals surface area contributed by atoms with Gasteiger partial charge in [-0.05, 0) is 59.5 Å². The predicted molar refractivity (Wildman–Crippen MR) is 126 cm³/mol. The second kappa shape index (κ2) is 9.35. The lowest BCUT2D eigenvalue weighted by atomic mass is 10.1. The van der Waals surface area contributed by atoms with Gasteiger partial charge in [0.25, 0.3) is 5.91 Å². The van der Waals surface area contributed by atoms with Crippen LogP contribution in [0.1, 0.15) is 40.0 Å². The van der Waals surface area contributed by atoms with Gasteiger partial charge in [0.15, 0.2) is 0 Å². The molecule has 0 bridgehead atoms. The zero-order valence-electron chi connectivity index (χ0n) is 18.4. The maximum absolute atomic E-state index is 12.9. The van der Waals surface area contributed by atoms with Gasteiger partial charge in [-0.15, -0.1) is 0 Å². The number of aliphatic hydroxyl groups excluding tert-OH is 1. The Balaban J connectivity index is 1.58. The van der Waals surface area contributed by atoms with Gasteiger partial charge >= 0.3 is 0 Å². The van der Waals surface area contributed by atoms with E-state index in [2.05, 4.69) is 10.0 Å². The lowest BCUT2D eigenvalue weighted by Crippen LogP contribution is -2.33. The number of rotatable bonds is 7. The van der Waals surface area contributed by atoms with Gasteiger partial charge in [0.1, 0.15) is 5.75 Å². The van der Waals surface area contributed by atoms with Gasteiger partial charge < -0.3 is 15.2 Å². The number of nitrogens with one attached hydrogen (secondary N) is 2. The van der Waals surface area contributed by atoms with Gasteiger partial charge in [0, 0.05) is 17.7 Å². The second-order valence-electron chi connectivity index (χ2n) is 7.93. The summed E-state index contributed by atoms with van der Waals surface area (Å²) in [5.41, 5.74) is 3.35. The lowest BCUT2D eigenvalue weighted by molar-refractivity contribution is 0.102. The largest absolute Gasteiger partial charge is 0.497 e. The summed E-state index contributed by atoms with van der Waals surface area (Å²) in [6, 6.07) is 17.9. The summed E-state index contributed by atoms with van der Waals surface area (Å²) in [6.07, 6.45) is 0.0676. The number of ether oxygens (including phenoxy) is 1. The first-order valence-electron chi connectivity index (χ1n) is 10.7. The van der Waals surface area contributed by atoms with Gasteiger partial charge in [-0.3, -0.25) is 4.79 Å². The highest BCUT2D eigenvalue weighted by Crippen LogP contribution is 2.37. The van der Waals surface area contributed by atoms with Crippen molar-refractivity contribution in [2.45, 2.75) is 36.8 Å². The van der Waals surface area contributed by atoms with Crippen LogP contribution >= 0.6 is 0 Å². The zero-order chi connectivity index (χ0) is 23.6. The van der Waals surface area contributed by atoms with E-state index in [4.69, 9.17) is 4.74 Å².